The number of hydrogen-bond donors (Lipinski definition) is 2. The molecule has 2 aliphatic rings. The lowest BCUT2D eigenvalue weighted by Gasteiger charge is -2.31. The summed E-state index contributed by atoms with van der Waals surface area (Å²) < 4.78 is 8.13. The molecule has 1 aromatic carbocycles. The van der Waals surface area contributed by atoms with Crippen LogP contribution in [-0.4, -0.2) is 39.2 Å². The van der Waals surface area contributed by atoms with Gasteiger partial charge in [0.15, 0.2) is 0 Å². The highest BCUT2D eigenvalue weighted by Crippen LogP contribution is 2.37. The standard InChI is InChI=1S/C26H35N3O4/c1-16(2)13-21(26(31)32)28-25(30)18-10-11-23-20(14-18)27-24(15-19-8-6-12-33-19)29(23)22-9-5-4-7-17(22)3/h8,10-11,14,16-17,21-22H,4-7,9,12-13,15H2,1-3H3,(H,28,30)(H,31,32). The third kappa shape index (κ3) is 5.23. The molecule has 2 N–H and O–H groups in total. The van der Waals surface area contributed by atoms with E-state index in [1.165, 1.54) is 19.3 Å². The minimum Gasteiger partial charge on any atom is -0.497 e. The van der Waals surface area contributed by atoms with Gasteiger partial charge in [0.2, 0.25) is 0 Å². The summed E-state index contributed by atoms with van der Waals surface area (Å²) in [7, 11) is 0. The number of allylic oxidation sites excluding steroid dienone is 1. The van der Waals surface area contributed by atoms with E-state index in [1.807, 2.05) is 19.9 Å². The van der Waals surface area contributed by atoms with Crippen molar-refractivity contribution in [3.63, 3.8) is 0 Å². The average molecular weight is 454 g/mol. The molecule has 33 heavy (non-hydrogen) atoms. The number of carbonyl (C=O) groups is 2. The predicted octanol–water partition coefficient (Wildman–Crippen LogP) is 4.86. The second-order valence-corrected chi connectivity index (χ2v) is 9.91. The lowest BCUT2D eigenvalue weighted by Crippen LogP contribution is -2.41. The fourth-order valence-corrected chi connectivity index (χ4v) is 5.15. The van der Waals surface area contributed by atoms with Crippen LogP contribution < -0.4 is 5.32 Å². The first kappa shape index (κ1) is 23.3. The third-order valence-electron chi connectivity index (χ3n) is 6.84. The zero-order chi connectivity index (χ0) is 23.5. The molecule has 0 saturated heterocycles. The van der Waals surface area contributed by atoms with Gasteiger partial charge in [0.1, 0.15) is 11.9 Å². The Labute approximate surface area is 195 Å². The number of carboxylic acid groups (broad SMARTS) is 1. The number of aliphatic carboxylic acids is 1. The van der Waals surface area contributed by atoms with Gasteiger partial charge in [-0.25, -0.2) is 9.78 Å². The van der Waals surface area contributed by atoms with Crippen LogP contribution in [0.2, 0.25) is 0 Å². The molecule has 3 unspecified atom stereocenters. The minimum absolute atomic E-state index is 0.164. The van der Waals surface area contributed by atoms with Crippen molar-refractivity contribution in [2.24, 2.45) is 11.8 Å². The first-order chi connectivity index (χ1) is 15.8. The molecule has 2 heterocycles. The summed E-state index contributed by atoms with van der Waals surface area (Å²) in [6.45, 7) is 6.92. The fraction of sp³-hybridized carbons (Fsp3) is 0.577. The number of amides is 1. The van der Waals surface area contributed by atoms with Gasteiger partial charge in [-0.3, -0.25) is 4.79 Å². The van der Waals surface area contributed by atoms with Gasteiger partial charge in [0.25, 0.3) is 5.91 Å². The van der Waals surface area contributed by atoms with Crippen LogP contribution in [0, 0.1) is 11.8 Å². The Kier molecular flexibility index (Phi) is 7.05. The molecule has 7 nitrogen and oxygen atoms in total. The first-order valence-electron chi connectivity index (χ1n) is 12.2. The second kappa shape index (κ2) is 9.98. The van der Waals surface area contributed by atoms with Gasteiger partial charge in [-0.15, -0.1) is 0 Å². The Morgan fingerprint density at radius 2 is 2.06 bits per heavy atom. The highest BCUT2D eigenvalue weighted by molar-refractivity contribution is 5.99. The third-order valence-corrected chi connectivity index (χ3v) is 6.84. The van der Waals surface area contributed by atoms with Gasteiger partial charge in [-0.2, -0.15) is 0 Å². The van der Waals surface area contributed by atoms with Crippen molar-refractivity contribution in [1.82, 2.24) is 14.9 Å². The Hall–Kier alpha value is -2.83. The lowest BCUT2D eigenvalue weighted by molar-refractivity contribution is -0.139. The zero-order valence-corrected chi connectivity index (χ0v) is 19.8. The van der Waals surface area contributed by atoms with Crippen molar-refractivity contribution in [2.45, 2.75) is 77.8 Å². The van der Waals surface area contributed by atoms with Gasteiger partial charge < -0.3 is 19.7 Å². The maximum absolute atomic E-state index is 12.9. The van der Waals surface area contributed by atoms with Crippen LogP contribution >= 0.6 is 0 Å². The van der Waals surface area contributed by atoms with E-state index in [4.69, 9.17) is 9.72 Å². The maximum Gasteiger partial charge on any atom is 0.326 e. The van der Waals surface area contributed by atoms with E-state index in [1.54, 1.807) is 12.1 Å². The van der Waals surface area contributed by atoms with Crippen LogP contribution in [0.4, 0.5) is 0 Å². The normalized spacial score (nSPS) is 21.6. The van der Waals surface area contributed by atoms with Crippen molar-refractivity contribution in [1.29, 1.82) is 0 Å². The van der Waals surface area contributed by atoms with E-state index in [0.717, 1.165) is 42.1 Å². The Bertz CT molecular complexity index is 1060. The monoisotopic (exact) mass is 453 g/mol. The van der Waals surface area contributed by atoms with E-state index in [9.17, 15) is 14.7 Å². The van der Waals surface area contributed by atoms with Crippen molar-refractivity contribution >= 4 is 22.9 Å². The van der Waals surface area contributed by atoms with Crippen LogP contribution in [-0.2, 0) is 16.0 Å². The van der Waals surface area contributed by atoms with Crippen LogP contribution in [0.3, 0.4) is 0 Å². The number of hydrogen-bond acceptors (Lipinski definition) is 4. The first-order valence-corrected chi connectivity index (χ1v) is 12.2. The molecule has 1 aromatic heterocycles. The molecular formula is C26H35N3O4. The van der Waals surface area contributed by atoms with Gasteiger partial charge in [-0.1, -0.05) is 33.6 Å². The Balaban J connectivity index is 1.67. The molecular weight excluding hydrogens is 418 g/mol. The largest absolute Gasteiger partial charge is 0.497 e. The number of imidazole rings is 1. The van der Waals surface area contributed by atoms with Crippen LogP contribution in [0.5, 0.6) is 0 Å². The van der Waals surface area contributed by atoms with Crippen molar-refractivity contribution < 1.29 is 19.4 Å². The van der Waals surface area contributed by atoms with Gasteiger partial charge in [0, 0.05) is 18.0 Å². The number of nitrogens with one attached hydrogen (secondary N) is 1. The van der Waals surface area contributed by atoms with E-state index < -0.39 is 12.0 Å². The molecule has 0 spiro atoms. The number of nitrogens with zero attached hydrogens (tertiary/aromatic N) is 2. The topological polar surface area (TPSA) is 93.5 Å². The van der Waals surface area contributed by atoms with Crippen molar-refractivity contribution in [3.8, 4) is 0 Å². The summed E-state index contributed by atoms with van der Waals surface area (Å²) in [5, 5.41) is 12.2. The fourth-order valence-electron chi connectivity index (χ4n) is 5.15. The van der Waals surface area contributed by atoms with E-state index in [2.05, 4.69) is 22.9 Å². The number of benzene rings is 1. The number of fused-ring (bicyclic) bond motifs is 1. The molecule has 1 amide bonds. The van der Waals surface area contributed by atoms with Gasteiger partial charge in [0.05, 0.1) is 29.8 Å². The van der Waals surface area contributed by atoms with E-state index in [-0.39, 0.29) is 11.8 Å². The molecule has 1 aliphatic heterocycles. The highest BCUT2D eigenvalue weighted by Gasteiger charge is 2.28. The molecule has 1 aliphatic carbocycles. The van der Waals surface area contributed by atoms with Crippen molar-refractivity contribution in [3.05, 3.63) is 41.4 Å². The van der Waals surface area contributed by atoms with Crippen molar-refractivity contribution in [2.75, 3.05) is 6.61 Å². The summed E-state index contributed by atoms with van der Waals surface area (Å²) >= 11 is 0. The number of carbonyl (C=O) groups excluding carboxylic acids is 1. The zero-order valence-electron chi connectivity index (χ0n) is 19.8. The Morgan fingerprint density at radius 1 is 1.27 bits per heavy atom. The molecule has 1 fully saturated rings. The second-order valence-electron chi connectivity index (χ2n) is 9.91. The van der Waals surface area contributed by atoms with E-state index in [0.29, 0.717) is 30.4 Å². The summed E-state index contributed by atoms with van der Waals surface area (Å²) in [4.78, 5) is 29.4. The predicted molar refractivity (Wildman–Crippen MR) is 127 cm³/mol. The summed E-state index contributed by atoms with van der Waals surface area (Å²) in [6.07, 6.45) is 8.90. The molecule has 4 rings (SSSR count). The number of rotatable bonds is 8. The molecule has 2 aromatic rings. The maximum atomic E-state index is 12.9. The smallest absolute Gasteiger partial charge is 0.326 e. The van der Waals surface area contributed by atoms with Crippen LogP contribution in [0.1, 0.15) is 81.5 Å². The quantitative estimate of drug-likeness (QED) is 0.595. The molecule has 3 atom stereocenters. The molecule has 0 radical (unpaired) electrons. The summed E-state index contributed by atoms with van der Waals surface area (Å²) in [6, 6.07) is 5.01. The molecule has 1 saturated carbocycles. The summed E-state index contributed by atoms with van der Waals surface area (Å²) in [5.74, 6) is 1.26. The number of carboxylic acids is 1. The molecule has 178 valence electrons. The Morgan fingerprint density at radius 3 is 2.73 bits per heavy atom. The van der Waals surface area contributed by atoms with Gasteiger partial charge in [-0.05, 0) is 55.4 Å². The lowest BCUT2D eigenvalue weighted by atomic mass is 9.85. The van der Waals surface area contributed by atoms with Crippen LogP contribution in [0.25, 0.3) is 11.0 Å². The molecule has 0 bridgehead atoms. The van der Waals surface area contributed by atoms with Crippen LogP contribution in [0.15, 0.2) is 30.0 Å². The average Bonchev–Trinajstić information content (AvgIpc) is 3.40. The van der Waals surface area contributed by atoms with E-state index >= 15 is 0 Å². The minimum atomic E-state index is -1.01. The number of ether oxygens (including phenoxy) is 1. The van der Waals surface area contributed by atoms with Gasteiger partial charge >= 0.3 is 5.97 Å². The number of aromatic nitrogens is 2. The summed E-state index contributed by atoms with van der Waals surface area (Å²) in [5.41, 5.74) is 2.22. The highest BCUT2D eigenvalue weighted by atomic mass is 16.5. The molecule has 7 heteroatoms. The SMILES string of the molecule is CC(C)CC(NC(=O)c1ccc2c(c1)nc(CC1=CCCO1)n2C1CCCCC1C)C(=O)O.